The van der Waals surface area contributed by atoms with Gasteiger partial charge in [0.2, 0.25) is 0 Å². The number of aliphatic hydroxyl groups is 1. The summed E-state index contributed by atoms with van der Waals surface area (Å²) in [6.07, 6.45) is 5.81. The molecule has 1 unspecified atom stereocenters. The van der Waals surface area contributed by atoms with Crippen molar-refractivity contribution in [2.24, 2.45) is 0 Å². The highest BCUT2D eigenvalue weighted by atomic mass is 32.1. The van der Waals surface area contributed by atoms with Gasteiger partial charge in [-0.05, 0) is 19.3 Å². The average Bonchev–Trinajstić information content (AvgIpc) is 3.22. The van der Waals surface area contributed by atoms with Gasteiger partial charge >= 0.3 is 0 Å². The summed E-state index contributed by atoms with van der Waals surface area (Å²) in [5, 5.41) is 11.6. The van der Waals surface area contributed by atoms with E-state index in [2.05, 4.69) is 32.7 Å². The summed E-state index contributed by atoms with van der Waals surface area (Å²) in [7, 11) is 0. The Morgan fingerprint density at radius 3 is 2.74 bits per heavy atom. The molecule has 4 rings (SSSR count). The van der Waals surface area contributed by atoms with Gasteiger partial charge in [-0.1, -0.05) is 6.92 Å². The van der Waals surface area contributed by atoms with Crippen LogP contribution in [-0.2, 0) is 6.54 Å². The molecule has 6 heteroatoms. The maximum Gasteiger partial charge on any atom is 0.194 e. The molecule has 0 radical (unpaired) electrons. The third-order valence-electron chi connectivity index (χ3n) is 5.33. The van der Waals surface area contributed by atoms with E-state index >= 15 is 0 Å². The quantitative estimate of drug-likeness (QED) is 0.879. The maximum absolute atomic E-state index is 9.48. The molecule has 1 atom stereocenters. The maximum atomic E-state index is 9.48. The van der Waals surface area contributed by atoms with Crippen molar-refractivity contribution in [2.45, 2.75) is 44.7 Å². The number of fused-ring (bicyclic) bond motifs is 1. The number of nitrogens with zero attached hydrogens (tertiary/aromatic N) is 4. The van der Waals surface area contributed by atoms with Crippen molar-refractivity contribution in [3.05, 3.63) is 23.0 Å². The number of imidazole rings is 1. The molecule has 2 aromatic heterocycles. The minimum atomic E-state index is 0.278. The minimum Gasteiger partial charge on any atom is -0.395 e. The van der Waals surface area contributed by atoms with Crippen molar-refractivity contribution < 1.29 is 5.11 Å². The van der Waals surface area contributed by atoms with Crippen molar-refractivity contribution in [1.29, 1.82) is 0 Å². The Balaban J connectivity index is 1.45. The van der Waals surface area contributed by atoms with Crippen molar-refractivity contribution in [2.75, 3.05) is 32.8 Å². The molecular weight excluding hydrogens is 308 g/mol. The van der Waals surface area contributed by atoms with Gasteiger partial charge in [-0.25, -0.2) is 4.98 Å². The highest BCUT2D eigenvalue weighted by molar-refractivity contribution is 7.15. The summed E-state index contributed by atoms with van der Waals surface area (Å²) in [6.45, 7) is 7.73. The zero-order valence-corrected chi connectivity index (χ0v) is 14.6. The lowest BCUT2D eigenvalue weighted by Gasteiger charge is -2.38. The van der Waals surface area contributed by atoms with Crippen LogP contribution in [0.3, 0.4) is 0 Å². The Hall–Kier alpha value is -0.950. The molecule has 0 aromatic carbocycles. The van der Waals surface area contributed by atoms with E-state index in [1.807, 2.05) is 0 Å². The lowest BCUT2D eigenvalue weighted by atomic mass is 10.1. The average molecular weight is 334 g/mol. The van der Waals surface area contributed by atoms with Gasteiger partial charge in [0.1, 0.15) is 0 Å². The van der Waals surface area contributed by atoms with E-state index in [1.54, 1.807) is 11.3 Å². The topological polar surface area (TPSA) is 44.0 Å². The zero-order chi connectivity index (χ0) is 15.8. The van der Waals surface area contributed by atoms with Crippen molar-refractivity contribution in [3.8, 4) is 0 Å². The van der Waals surface area contributed by atoms with Crippen molar-refractivity contribution in [3.63, 3.8) is 0 Å². The van der Waals surface area contributed by atoms with Crippen LogP contribution in [0.5, 0.6) is 0 Å². The number of thiazole rings is 1. The predicted molar refractivity (Wildman–Crippen MR) is 93.1 cm³/mol. The number of rotatable bonds is 6. The molecule has 1 aliphatic heterocycles. The number of piperazine rings is 1. The van der Waals surface area contributed by atoms with Crippen LogP contribution in [0.15, 0.2) is 11.6 Å². The van der Waals surface area contributed by atoms with Crippen LogP contribution in [0.2, 0.25) is 0 Å². The molecule has 2 aromatic rings. The highest BCUT2D eigenvalue weighted by Gasteiger charge is 2.31. The summed E-state index contributed by atoms with van der Waals surface area (Å²) in [6, 6.07) is 0.331. The molecule has 1 saturated carbocycles. The van der Waals surface area contributed by atoms with Gasteiger partial charge in [-0.2, -0.15) is 0 Å². The monoisotopic (exact) mass is 334 g/mol. The number of hydrogen-bond donors (Lipinski definition) is 1. The summed E-state index contributed by atoms with van der Waals surface area (Å²) in [4.78, 5) is 11.0. The molecular formula is C17H26N4OS. The second-order valence-electron chi connectivity index (χ2n) is 6.83. The van der Waals surface area contributed by atoms with E-state index in [-0.39, 0.29) is 6.61 Å². The van der Waals surface area contributed by atoms with Crippen LogP contribution >= 0.6 is 11.3 Å². The lowest BCUT2D eigenvalue weighted by Crippen LogP contribution is -2.51. The van der Waals surface area contributed by atoms with Gasteiger partial charge in [-0.3, -0.25) is 14.2 Å². The molecule has 1 aliphatic carbocycles. The second kappa shape index (κ2) is 6.51. The van der Waals surface area contributed by atoms with Crippen molar-refractivity contribution >= 4 is 16.3 Å². The fourth-order valence-electron chi connectivity index (χ4n) is 3.69. The van der Waals surface area contributed by atoms with E-state index in [1.165, 1.54) is 24.2 Å². The van der Waals surface area contributed by atoms with Crippen molar-refractivity contribution in [1.82, 2.24) is 19.2 Å². The summed E-state index contributed by atoms with van der Waals surface area (Å²) < 4.78 is 2.30. The Bertz CT molecular complexity index is 651. The van der Waals surface area contributed by atoms with E-state index in [4.69, 9.17) is 4.98 Å². The fraction of sp³-hybridized carbons (Fsp3) is 0.706. The van der Waals surface area contributed by atoms with Gasteiger partial charge < -0.3 is 5.11 Å². The first-order chi connectivity index (χ1) is 11.3. The normalized spacial score (nSPS) is 22.0. The number of hydrogen-bond acceptors (Lipinski definition) is 5. The van der Waals surface area contributed by atoms with Gasteiger partial charge in [0.25, 0.3) is 0 Å². The van der Waals surface area contributed by atoms with Crippen LogP contribution in [0, 0.1) is 0 Å². The van der Waals surface area contributed by atoms with Crippen LogP contribution in [0.1, 0.15) is 43.5 Å². The zero-order valence-electron chi connectivity index (χ0n) is 13.8. The smallest absolute Gasteiger partial charge is 0.194 e. The van der Waals surface area contributed by atoms with E-state index in [0.29, 0.717) is 12.0 Å². The molecule has 2 fully saturated rings. The van der Waals surface area contributed by atoms with Crippen LogP contribution < -0.4 is 0 Å². The number of aliphatic hydroxyl groups excluding tert-OH is 1. The van der Waals surface area contributed by atoms with Crippen LogP contribution in [-0.4, -0.2) is 63.1 Å². The Morgan fingerprint density at radius 1 is 1.30 bits per heavy atom. The molecule has 126 valence electrons. The van der Waals surface area contributed by atoms with Gasteiger partial charge in [-0.15, -0.1) is 11.3 Å². The first kappa shape index (κ1) is 15.6. The molecule has 0 spiro atoms. The van der Waals surface area contributed by atoms with E-state index < -0.39 is 0 Å². The summed E-state index contributed by atoms with van der Waals surface area (Å²) in [5.74, 6) is 0.706. The molecule has 1 N–H and O–H groups in total. The van der Waals surface area contributed by atoms with Gasteiger partial charge in [0.15, 0.2) is 4.96 Å². The first-order valence-corrected chi connectivity index (χ1v) is 9.69. The Kier molecular flexibility index (Phi) is 4.41. The van der Waals surface area contributed by atoms with Gasteiger partial charge in [0.05, 0.1) is 18.0 Å². The summed E-state index contributed by atoms with van der Waals surface area (Å²) in [5.41, 5.74) is 2.76. The third kappa shape index (κ3) is 3.05. The minimum absolute atomic E-state index is 0.278. The molecule has 0 amide bonds. The SMILES string of the molecule is CCC(CO)N1CCN(Cc2c(C3CC3)nc3sccn23)CC1. The van der Waals surface area contributed by atoms with E-state index in [0.717, 1.165) is 44.1 Å². The second-order valence-corrected chi connectivity index (χ2v) is 7.70. The molecule has 3 heterocycles. The number of aromatic nitrogens is 2. The third-order valence-corrected chi connectivity index (χ3v) is 6.09. The standard InChI is InChI=1S/C17H26N4OS/c1-2-14(12-22)20-7-5-19(6-8-20)11-15-16(13-3-4-13)18-17-21(15)9-10-23-17/h9-10,13-14,22H,2-8,11-12H2,1H3. The van der Waals surface area contributed by atoms with Crippen LogP contribution in [0.25, 0.3) is 4.96 Å². The Labute approximate surface area is 141 Å². The molecule has 23 heavy (non-hydrogen) atoms. The largest absolute Gasteiger partial charge is 0.395 e. The molecule has 0 bridgehead atoms. The highest BCUT2D eigenvalue weighted by Crippen LogP contribution is 2.42. The Morgan fingerprint density at radius 2 is 2.09 bits per heavy atom. The molecule has 1 saturated heterocycles. The predicted octanol–water partition coefficient (Wildman–Crippen LogP) is 2.16. The lowest BCUT2D eigenvalue weighted by molar-refractivity contribution is 0.0602. The summed E-state index contributed by atoms with van der Waals surface area (Å²) >= 11 is 1.74. The van der Waals surface area contributed by atoms with E-state index in [9.17, 15) is 5.11 Å². The first-order valence-electron chi connectivity index (χ1n) is 8.81. The van der Waals surface area contributed by atoms with Gasteiger partial charge in [0, 0.05) is 56.3 Å². The van der Waals surface area contributed by atoms with Crippen LogP contribution in [0.4, 0.5) is 0 Å². The molecule has 5 nitrogen and oxygen atoms in total. The fourth-order valence-corrected chi connectivity index (χ4v) is 4.43. The molecule has 2 aliphatic rings.